The molecule has 3 rings (SSSR count). The van der Waals surface area contributed by atoms with E-state index in [1.165, 1.54) is 27.5 Å². The summed E-state index contributed by atoms with van der Waals surface area (Å²) in [6.45, 7) is 0.668. The van der Waals surface area contributed by atoms with Gasteiger partial charge in [-0.2, -0.15) is 0 Å². The normalized spacial score (nSPS) is 10.8. The summed E-state index contributed by atoms with van der Waals surface area (Å²) in [5.74, 6) is 0. The molecule has 0 radical (unpaired) electrons. The Kier molecular flexibility index (Phi) is 3.80. The summed E-state index contributed by atoms with van der Waals surface area (Å²) in [7, 11) is 1.74. The number of methoxy groups -OCH3 is 1. The van der Waals surface area contributed by atoms with Gasteiger partial charge in [0.15, 0.2) is 0 Å². The van der Waals surface area contributed by atoms with Crippen LogP contribution in [0.25, 0.3) is 10.8 Å². The van der Waals surface area contributed by atoms with E-state index < -0.39 is 0 Å². The fraction of sp³-hybridized carbons (Fsp3) is 0.158. The Hall–Kier alpha value is -2.12. The van der Waals surface area contributed by atoms with Crippen molar-refractivity contribution in [1.29, 1.82) is 0 Å². The van der Waals surface area contributed by atoms with E-state index in [1.54, 1.807) is 7.11 Å². The van der Waals surface area contributed by atoms with Crippen LogP contribution in [0, 0.1) is 0 Å². The lowest BCUT2D eigenvalue weighted by atomic mass is 9.96. The molecule has 0 unspecified atom stereocenters. The zero-order valence-corrected chi connectivity index (χ0v) is 11.7. The van der Waals surface area contributed by atoms with Crippen molar-refractivity contribution in [3.05, 3.63) is 83.4 Å². The van der Waals surface area contributed by atoms with E-state index in [0.29, 0.717) is 6.61 Å². The van der Waals surface area contributed by atoms with Crippen LogP contribution in [0.5, 0.6) is 0 Å². The van der Waals surface area contributed by atoms with Crippen LogP contribution in [0.2, 0.25) is 0 Å². The summed E-state index contributed by atoms with van der Waals surface area (Å²) >= 11 is 0. The maximum atomic E-state index is 5.29. The Morgan fingerprint density at radius 1 is 0.700 bits per heavy atom. The molecule has 0 N–H and O–H groups in total. The lowest BCUT2D eigenvalue weighted by molar-refractivity contribution is 0.184. The molecule has 0 saturated carbocycles. The molecule has 3 aromatic rings. The van der Waals surface area contributed by atoms with Gasteiger partial charge in [-0.15, -0.1) is 0 Å². The summed E-state index contributed by atoms with van der Waals surface area (Å²) in [6, 6.07) is 23.6. The van der Waals surface area contributed by atoms with Gasteiger partial charge >= 0.3 is 0 Å². The van der Waals surface area contributed by atoms with Gasteiger partial charge in [-0.1, -0.05) is 66.7 Å². The topological polar surface area (TPSA) is 9.23 Å². The molecule has 1 heteroatoms. The third kappa shape index (κ3) is 2.59. The molecule has 0 aromatic heterocycles. The van der Waals surface area contributed by atoms with E-state index in [4.69, 9.17) is 4.74 Å². The quantitative estimate of drug-likeness (QED) is 0.669. The van der Waals surface area contributed by atoms with Crippen molar-refractivity contribution in [2.75, 3.05) is 7.11 Å². The average Bonchev–Trinajstić information content (AvgIpc) is 2.50. The van der Waals surface area contributed by atoms with Crippen molar-refractivity contribution in [3.63, 3.8) is 0 Å². The zero-order valence-electron chi connectivity index (χ0n) is 11.7. The van der Waals surface area contributed by atoms with Crippen molar-refractivity contribution in [2.24, 2.45) is 0 Å². The molecule has 0 aliphatic heterocycles. The smallest absolute Gasteiger partial charge is 0.0715 e. The Labute approximate surface area is 119 Å². The third-order valence-electron chi connectivity index (χ3n) is 3.68. The van der Waals surface area contributed by atoms with Crippen LogP contribution < -0.4 is 0 Å². The van der Waals surface area contributed by atoms with E-state index in [1.807, 2.05) is 0 Å². The van der Waals surface area contributed by atoms with Crippen LogP contribution in [-0.4, -0.2) is 7.11 Å². The molecule has 0 spiro atoms. The summed E-state index contributed by atoms with van der Waals surface area (Å²) in [5.41, 5.74) is 3.97. The lowest BCUT2D eigenvalue weighted by Crippen LogP contribution is -1.97. The van der Waals surface area contributed by atoms with Gasteiger partial charge in [0, 0.05) is 7.11 Å². The molecular formula is C19H18O. The second kappa shape index (κ2) is 5.89. The molecule has 0 aliphatic carbocycles. The lowest BCUT2D eigenvalue weighted by Gasteiger charge is -2.11. The molecule has 0 atom stereocenters. The van der Waals surface area contributed by atoms with E-state index in [9.17, 15) is 0 Å². The second-order valence-electron chi connectivity index (χ2n) is 5.02. The van der Waals surface area contributed by atoms with Crippen molar-refractivity contribution in [3.8, 4) is 0 Å². The Morgan fingerprint density at radius 3 is 2.20 bits per heavy atom. The molecule has 100 valence electrons. The van der Waals surface area contributed by atoms with Gasteiger partial charge < -0.3 is 4.74 Å². The number of ether oxygens (including phenoxy) is 1. The van der Waals surface area contributed by atoms with Gasteiger partial charge in [0.2, 0.25) is 0 Å². The second-order valence-corrected chi connectivity index (χ2v) is 5.02. The molecule has 0 saturated heterocycles. The fourth-order valence-electron chi connectivity index (χ4n) is 2.68. The number of hydrogen-bond donors (Lipinski definition) is 0. The first-order valence-electron chi connectivity index (χ1n) is 6.91. The van der Waals surface area contributed by atoms with Gasteiger partial charge in [-0.25, -0.2) is 0 Å². The molecule has 20 heavy (non-hydrogen) atoms. The molecule has 0 aliphatic rings. The number of benzene rings is 3. The highest BCUT2D eigenvalue weighted by Crippen LogP contribution is 2.23. The first-order chi connectivity index (χ1) is 9.88. The summed E-state index contributed by atoms with van der Waals surface area (Å²) < 4.78 is 5.29. The maximum absolute atomic E-state index is 5.29. The van der Waals surface area contributed by atoms with Crippen molar-refractivity contribution in [1.82, 2.24) is 0 Å². The van der Waals surface area contributed by atoms with Gasteiger partial charge in [0.05, 0.1) is 6.61 Å². The minimum atomic E-state index is 0.668. The van der Waals surface area contributed by atoms with Crippen LogP contribution in [0.4, 0.5) is 0 Å². The Balaban J connectivity index is 2.01. The molecular weight excluding hydrogens is 244 g/mol. The van der Waals surface area contributed by atoms with Crippen LogP contribution in [-0.2, 0) is 17.8 Å². The van der Waals surface area contributed by atoms with Crippen molar-refractivity contribution < 1.29 is 4.74 Å². The largest absolute Gasteiger partial charge is 0.380 e. The van der Waals surface area contributed by atoms with Crippen LogP contribution >= 0.6 is 0 Å². The number of hydrogen-bond acceptors (Lipinski definition) is 1. The van der Waals surface area contributed by atoms with Gasteiger partial charge in [0.25, 0.3) is 0 Å². The predicted molar refractivity (Wildman–Crippen MR) is 83.9 cm³/mol. The first-order valence-corrected chi connectivity index (χ1v) is 6.91. The maximum Gasteiger partial charge on any atom is 0.0715 e. The summed E-state index contributed by atoms with van der Waals surface area (Å²) in [4.78, 5) is 0. The molecule has 3 aromatic carbocycles. The minimum Gasteiger partial charge on any atom is -0.380 e. The van der Waals surface area contributed by atoms with Gasteiger partial charge in [0.1, 0.15) is 0 Å². The van der Waals surface area contributed by atoms with Crippen LogP contribution in [0.1, 0.15) is 16.7 Å². The molecule has 0 bridgehead atoms. The van der Waals surface area contributed by atoms with Crippen molar-refractivity contribution >= 4 is 10.8 Å². The first kappa shape index (κ1) is 12.9. The molecule has 1 nitrogen and oxygen atoms in total. The summed E-state index contributed by atoms with van der Waals surface area (Å²) in [6.07, 6.45) is 0.945. The number of fused-ring (bicyclic) bond motifs is 1. The highest BCUT2D eigenvalue weighted by atomic mass is 16.5. The Bertz CT molecular complexity index is 710. The number of rotatable bonds is 4. The third-order valence-corrected chi connectivity index (χ3v) is 3.68. The van der Waals surface area contributed by atoms with E-state index >= 15 is 0 Å². The van der Waals surface area contributed by atoms with Crippen molar-refractivity contribution in [2.45, 2.75) is 13.0 Å². The monoisotopic (exact) mass is 262 g/mol. The molecule has 0 amide bonds. The van der Waals surface area contributed by atoms with Crippen LogP contribution in [0.3, 0.4) is 0 Å². The summed E-state index contributed by atoms with van der Waals surface area (Å²) in [5, 5.41) is 2.64. The molecule has 0 fully saturated rings. The van der Waals surface area contributed by atoms with Gasteiger partial charge in [-0.05, 0) is 33.9 Å². The highest BCUT2D eigenvalue weighted by molar-refractivity contribution is 5.85. The standard InChI is InChI=1S/C19H18O/c1-20-14-18-9-3-2-8-16(18)13-17-11-6-10-15-7-4-5-12-19(15)17/h2-12H,13-14H2,1H3. The van der Waals surface area contributed by atoms with E-state index in [2.05, 4.69) is 66.7 Å². The van der Waals surface area contributed by atoms with E-state index in [0.717, 1.165) is 6.42 Å². The van der Waals surface area contributed by atoms with E-state index in [-0.39, 0.29) is 0 Å². The predicted octanol–water partition coefficient (Wildman–Crippen LogP) is 4.58. The minimum absolute atomic E-state index is 0.668. The Morgan fingerprint density at radius 2 is 1.35 bits per heavy atom. The van der Waals surface area contributed by atoms with Gasteiger partial charge in [-0.3, -0.25) is 0 Å². The fourth-order valence-corrected chi connectivity index (χ4v) is 2.68. The zero-order chi connectivity index (χ0) is 13.8. The van der Waals surface area contributed by atoms with Crippen LogP contribution in [0.15, 0.2) is 66.7 Å². The molecule has 0 heterocycles. The highest BCUT2D eigenvalue weighted by Gasteiger charge is 2.05. The SMILES string of the molecule is COCc1ccccc1Cc1cccc2ccccc12. The average molecular weight is 262 g/mol.